The summed E-state index contributed by atoms with van der Waals surface area (Å²) in [7, 11) is 0. The average Bonchev–Trinajstić information content (AvgIpc) is 2.65. The van der Waals surface area contributed by atoms with Gasteiger partial charge in [0.15, 0.2) is 5.82 Å². The molecule has 1 atom stereocenters. The minimum Gasteiger partial charge on any atom is -0.381 e. The number of aromatic nitrogens is 2. The molecule has 0 amide bonds. The molecule has 1 aromatic heterocycles. The van der Waals surface area contributed by atoms with Crippen LogP contribution in [0.5, 0.6) is 0 Å². The molecule has 16 heavy (non-hydrogen) atoms. The first-order valence-corrected chi connectivity index (χ1v) is 5.74. The molecule has 1 aliphatic rings. The van der Waals surface area contributed by atoms with E-state index in [0.717, 1.165) is 25.3 Å². The summed E-state index contributed by atoms with van der Waals surface area (Å²) in [5.74, 6) is 1.67. The summed E-state index contributed by atoms with van der Waals surface area (Å²) in [4.78, 5) is 4.38. The third-order valence-electron chi connectivity index (χ3n) is 2.62. The Morgan fingerprint density at radius 2 is 2.31 bits per heavy atom. The lowest BCUT2D eigenvalue weighted by atomic mass is 10.0. The van der Waals surface area contributed by atoms with E-state index in [2.05, 4.69) is 10.1 Å². The van der Waals surface area contributed by atoms with Crippen molar-refractivity contribution in [2.75, 3.05) is 13.2 Å². The molecule has 1 unspecified atom stereocenters. The molecule has 5 nitrogen and oxygen atoms in total. The van der Waals surface area contributed by atoms with Crippen molar-refractivity contribution in [3.63, 3.8) is 0 Å². The first-order valence-electron chi connectivity index (χ1n) is 5.74. The predicted molar refractivity (Wildman–Crippen MR) is 59.1 cm³/mol. The Morgan fingerprint density at radius 1 is 1.50 bits per heavy atom. The van der Waals surface area contributed by atoms with E-state index in [4.69, 9.17) is 15.0 Å². The fourth-order valence-corrected chi connectivity index (χ4v) is 1.84. The van der Waals surface area contributed by atoms with Crippen LogP contribution in [0.3, 0.4) is 0 Å². The zero-order valence-corrected chi connectivity index (χ0v) is 9.90. The van der Waals surface area contributed by atoms with Crippen molar-refractivity contribution in [1.82, 2.24) is 10.1 Å². The first-order chi connectivity index (χ1) is 7.54. The molecule has 5 heteroatoms. The zero-order valence-electron chi connectivity index (χ0n) is 9.90. The van der Waals surface area contributed by atoms with Crippen molar-refractivity contribution in [1.29, 1.82) is 0 Å². The van der Waals surface area contributed by atoms with E-state index in [0.29, 0.717) is 18.9 Å². The maximum Gasteiger partial charge on any atom is 0.228 e. The highest BCUT2D eigenvalue weighted by atomic mass is 16.5. The monoisotopic (exact) mass is 225 g/mol. The van der Waals surface area contributed by atoms with Crippen LogP contribution in [0, 0.1) is 0 Å². The van der Waals surface area contributed by atoms with Gasteiger partial charge < -0.3 is 15.0 Å². The molecule has 0 bridgehead atoms. The smallest absolute Gasteiger partial charge is 0.228 e. The van der Waals surface area contributed by atoms with Gasteiger partial charge in [0.2, 0.25) is 5.89 Å². The van der Waals surface area contributed by atoms with Gasteiger partial charge in [0.25, 0.3) is 0 Å². The highest BCUT2D eigenvalue weighted by Gasteiger charge is 2.23. The van der Waals surface area contributed by atoms with Crippen LogP contribution in [0.15, 0.2) is 4.52 Å². The summed E-state index contributed by atoms with van der Waals surface area (Å²) >= 11 is 0. The molecular formula is C11H19N3O2. The van der Waals surface area contributed by atoms with Crippen LogP contribution in [0.25, 0.3) is 0 Å². The Labute approximate surface area is 95.3 Å². The lowest BCUT2D eigenvalue weighted by molar-refractivity contribution is 0.0773. The summed E-state index contributed by atoms with van der Waals surface area (Å²) in [5, 5.41) is 4.00. The highest BCUT2D eigenvalue weighted by molar-refractivity contribution is 4.98. The summed E-state index contributed by atoms with van der Waals surface area (Å²) in [6, 6.07) is 0. The van der Waals surface area contributed by atoms with E-state index in [1.807, 2.05) is 13.8 Å². The molecule has 1 fully saturated rings. The minimum atomic E-state index is -0.313. The van der Waals surface area contributed by atoms with Gasteiger partial charge in [-0.3, -0.25) is 0 Å². The predicted octanol–water partition coefficient (Wildman–Crippen LogP) is 1.24. The van der Waals surface area contributed by atoms with Gasteiger partial charge in [-0.15, -0.1) is 0 Å². The molecule has 2 N–H and O–H groups in total. The topological polar surface area (TPSA) is 74.2 Å². The lowest BCUT2D eigenvalue weighted by Gasteiger charge is -2.18. The number of hydrogen-bond acceptors (Lipinski definition) is 5. The minimum absolute atomic E-state index is 0.284. The van der Waals surface area contributed by atoms with Gasteiger partial charge in [-0.2, -0.15) is 4.98 Å². The molecule has 1 saturated heterocycles. The van der Waals surface area contributed by atoms with E-state index in [-0.39, 0.29) is 11.5 Å². The molecule has 1 aromatic rings. The Morgan fingerprint density at radius 3 is 2.94 bits per heavy atom. The van der Waals surface area contributed by atoms with Crippen LogP contribution in [0.4, 0.5) is 0 Å². The molecule has 2 heterocycles. The van der Waals surface area contributed by atoms with Crippen LogP contribution in [0.1, 0.15) is 44.3 Å². The quantitative estimate of drug-likeness (QED) is 0.837. The largest absolute Gasteiger partial charge is 0.381 e. The van der Waals surface area contributed by atoms with Crippen molar-refractivity contribution < 1.29 is 9.26 Å². The second-order valence-electron chi connectivity index (χ2n) is 5.13. The molecule has 0 aliphatic carbocycles. The fraction of sp³-hybridized carbons (Fsp3) is 0.818. The Balaban J connectivity index is 2.01. The number of hydrogen-bond donors (Lipinski definition) is 1. The average molecular weight is 225 g/mol. The van der Waals surface area contributed by atoms with Gasteiger partial charge in [-0.1, -0.05) is 5.16 Å². The number of nitrogens with zero attached hydrogens (tertiary/aromatic N) is 2. The number of rotatable bonds is 3. The SMILES string of the molecule is CC(C)(N)Cc1nc(C2CCCOC2)no1. The van der Waals surface area contributed by atoms with Gasteiger partial charge in [-0.05, 0) is 26.7 Å². The van der Waals surface area contributed by atoms with Crippen LogP contribution < -0.4 is 5.73 Å². The normalized spacial score (nSPS) is 22.3. The van der Waals surface area contributed by atoms with Gasteiger partial charge in [0, 0.05) is 24.5 Å². The lowest BCUT2D eigenvalue weighted by Crippen LogP contribution is -2.34. The maximum atomic E-state index is 5.90. The first kappa shape index (κ1) is 11.5. The second kappa shape index (κ2) is 4.51. The van der Waals surface area contributed by atoms with Gasteiger partial charge in [-0.25, -0.2) is 0 Å². The fourth-order valence-electron chi connectivity index (χ4n) is 1.84. The number of ether oxygens (including phenoxy) is 1. The van der Waals surface area contributed by atoms with E-state index in [9.17, 15) is 0 Å². The van der Waals surface area contributed by atoms with Crippen LogP contribution in [0.2, 0.25) is 0 Å². The molecule has 2 rings (SSSR count). The summed E-state index contributed by atoms with van der Waals surface area (Å²) < 4.78 is 10.6. The number of nitrogens with two attached hydrogens (primary N) is 1. The Bertz CT molecular complexity index is 337. The Kier molecular flexibility index (Phi) is 3.25. The summed E-state index contributed by atoms with van der Waals surface area (Å²) in [6.07, 6.45) is 2.75. The standard InChI is InChI=1S/C11H19N3O2/c1-11(2,12)6-9-13-10(14-16-9)8-4-3-5-15-7-8/h8H,3-7,12H2,1-2H3. The molecule has 1 aliphatic heterocycles. The Hall–Kier alpha value is -0.940. The van der Waals surface area contributed by atoms with Crippen molar-refractivity contribution in [3.8, 4) is 0 Å². The molecule has 0 spiro atoms. The van der Waals surface area contributed by atoms with Gasteiger partial charge >= 0.3 is 0 Å². The third kappa shape index (κ3) is 3.02. The second-order valence-corrected chi connectivity index (χ2v) is 5.13. The third-order valence-corrected chi connectivity index (χ3v) is 2.62. The molecular weight excluding hydrogens is 206 g/mol. The van der Waals surface area contributed by atoms with Crippen molar-refractivity contribution >= 4 is 0 Å². The molecule has 0 saturated carbocycles. The summed E-state index contributed by atoms with van der Waals surface area (Å²) in [6.45, 7) is 5.43. The van der Waals surface area contributed by atoms with Crippen LogP contribution >= 0.6 is 0 Å². The molecule has 90 valence electrons. The molecule has 0 radical (unpaired) electrons. The zero-order chi connectivity index (χ0) is 11.6. The van der Waals surface area contributed by atoms with E-state index < -0.39 is 0 Å². The maximum absolute atomic E-state index is 5.90. The van der Waals surface area contributed by atoms with Gasteiger partial charge in [0.05, 0.1) is 6.61 Å². The van der Waals surface area contributed by atoms with Crippen molar-refractivity contribution in [2.45, 2.75) is 44.6 Å². The molecule has 0 aromatic carbocycles. The van der Waals surface area contributed by atoms with E-state index >= 15 is 0 Å². The van der Waals surface area contributed by atoms with E-state index in [1.165, 1.54) is 0 Å². The van der Waals surface area contributed by atoms with Crippen molar-refractivity contribution in [2.24, 2.45) is 5.73 Å². The van der Waals surface area contributed by atoms with Crippen molar-refractivity contribution in [3.05, 3.63) is 11.7 Å². The summed E-state index contributed by atoms with van der Waals surface area (Å²) in [5.41, 5.74) is 5.59. The van der Waals surface area contributed by atoms with E-state index in [1.54, 1.807) is 0 Å². The highest BCUT2D eigenvalue weighted by Crippen LogP contribution is 2.23. The van der Waals surface area contributed by atoms with Crippen LogP contribution in [-0.4, -0.2) is 28.9 Å². The van der Waals surface area contributed by atoms with Gasteiger partial charge in [0.1, 0.15) is 0 Å². The van der Waals surface area contributed by atoms with Crippen LogP contribution in [-0.2, 0) is 11.2 Å².